The Bertz CT molecular complexity index is 1070. The van der Waals surface area contributed by atoms with Gasteiger partial charge in [0.05, 0.1) is 44.6 Å². The van der Waals surface area contributed by atoms with Crippen LogP contribution in [-0.2, 0) is 43.6 Å². The number of carbonyl (C=O) groups excluding carboxylic acids is 1. The van der Waals surface area contributed by atoms with Crippen molar-refractivity contribution < 1.29 is 23.7 Å². The van der Waals surface area contributed by atoms with Crippen LogP contribution in [-0.4, -0.2) is 36.8 Å². The number of carbonyl (C=O) groups is 1. The Kier molecular flexibility index (Phi) is 7.69. The average Bonchev–Trinajstić information content (AvgIpc) is 3.62. The first kappa shape index (κ1) is 23.9. The van der Waals surface area contributed by atoms with Crippen LogP contribution in [0.1, 0.15) is 23.6 Å². The molecule has 1 aliphatic heterocycles. The van der Waals surface area contributed by atoms with E-state index in [-0.39, 0.29) is 42.0 Å². The van der Waals surface area contributed by atoms with Gasteiger partial charge in [0, 0.05) is 5.92 Å². The number of hydrogen-bond donors (Lipinski definition) is 0. The molecule has 1 aliphatic carbocycles. The smallest absolute Gasteiger partial charge is 0.135 e. The van der Waals surface area contributed by atoms with Crippen LogP contribution >= 0.6 is 0 Å². The maximum absolute atomic E-state index is 12.4. The zero-order valence-electron chi connectivity index (χ0n) is 20.0. The van der Waals surface area contributed by atoms with Crippen LogP contribution < -0.4 is 0 Å². The van der Waals surface area contributed by atoms with E-state index in [1.165, 1.54) is 0 Å². The van der Waals surface area contributed by atoms with Crippen molar-refractivity contribution in [1.29, 1.82) is 0 Å². The van der Waals surface area contributed by atoms with Crippen molar-refractivity contribution in [3.63, 3.8) is 0 Å². The van der Waals surface area contributed by atoms with Gasteiger partial charge in [-0.2, -0.15) is 0 Å². The third-order valence-corrected chi connectivity index (χ3v) is 6.84. The van der Waals surface area contributed by atoms with E-state index in [1.807, 2.05) is 91.0 Å². The van der Waals surface area contributed by atoms with E-state index in [0.29, 0.717) is 26.4 Å². The summed E-state index contributed by atoms with van der Waals surface area (Å²) in [6.07, 6.45) is -1.07. The summed E-state index contributed by atoms with van der Waals surface area (Å²) in [7, 11) is 0. The molecule has 1 saturated heterocycles. The first-order valence-corrected chi connectivity index (χ1v) is 12.3. The summed E-state index contributed by atoms with van der Waals surface area (Å²) in [5, 5.41) is 0. The number of ether oxygens (including phenoxy) is 4. The fourth-order valence-electron chi connectivity index (χ4n) is 5.03. The van der Waals surface area contributed by atoms with E-state index in [0.717, 1.165) is 16.7 Å². The lowest BCUT2D eigenvalue weighted by atomic mass is 9.99. The van der Waals surface area contributed by atoms with Crippen molar-refractivity contribution in [2.24, 2.45) is 11.8 Å². The zero-order chi connectivity index (χ0) is 24.0. The first-order valence-electron chi connectivity index (χ1n) is 12.3. The van der Waals surface area contributed by atoms with Gasteiger partial charge in [-0.1, -0.05) is 91.0 Å². The van der Waals surface area contributed by atoms with Crippen LogP contribution in [0.5, 0.6) is 0 Å². The highest BCUT2D eigenvalue weighted by Gasteiger charge is 2.65. The molecule has 35 heavy (non-hydrogen) atoms. The highest BCUT2D eigenvalue weighted by molar-refractivity contribution is 5.82. The summed E-state index contributed by atoms with van der Waals surface area (Å²) >= 11 is 0. The van der Waals surface area contributed by atoms with Crippen molar-refractivity contribution in [3.05, 3.63) is 108 Å². The third kappa shape index (κ3) is 5.88. The van der Waals surface area contributed by atoms with Gasteiger partial charge in [-0.15, -0.1) is 0 Å². The highest BCUT2D eigenvalue weighted by Crippen LogP contribution is 2.52. The Balaban J connectivity index is 1.33. The molecule has 0 unspecified atom stereocenters. The largest absolute Gasteiger partial charge is 0.374 e. The molecule has 0 spiro atoms. The van der Waals surface area contributed by atoms with Gasteiger partial charge in [-0.05, 0) is 23.6 Å². The number of hydrogen-bond acceptors (Lipinski definition) is 5. The Morgan fingerprint density at radius 1 is 0.714 bits per heavy atom. The average molecular weight is 473 g/mol. The van der Waals surface area contributed by atoms with E-state index in [9.17, 15) is 4.79 Å². The number of Topliss-reactive ketones (excluding diaryl/α,β-unsaturated/α-hetero) is 1. The van der Waals surface area contributed by atoms with E-state index in [4.69, 9.17) is 18.9 Å². The second-order valence-electron chi connectivity index (χ2n) is 9.38. The summed E-state index contributed by atoms with van der Waals surface area (Å²) in [6.45, 7) is 3.40. The number of benzene rings is 3. The Morgan fingerprint density at radius 2 is 1.20 bits per heavy atom. The van der Waals surface area contributed by atoms with Crippen LogP contribution in [0.25, 0.3) is 0 Å². The normalized spacial score (nSPS) is 27.2. The predicted molar refractivity (Wildman–Crippen MR) is 132 cm³/mol. The lowest BCUT2D eigenvalue weighted by Gasteiger charge is -2.37. The lowest BCUT2D eigenvalue weighted by Crippen LogP contribution is -2.50. The standard InChI is InChI=1S/C30H32O5/c1-21(31)26-27-29(26)35-25(20-32-17-22-11-5-2-6-12-22)28(33-18-23-13-7-3-8-14-23)30(27)34-19-24-15-9-4-10-16-24/h2-16,25-30H,17-20H2,1H3/t25-,26+,27+,28-,29-,30-/m1/s1. The second kappa shape index (κ2) is 11.3. The fraction of sp³-hybridized carbons (Fsp3) is 0.367. The van der Waals surface area contributed by atoms with Gasteiger partial charge in [0.15, 0.2) is 0 Å². The quantitative estimate of drug-likeness (QED) is 0.394. The van der Waals surface area contributed by atoms with Gasteiger partial charge in [-0.25, -0.2) is 0 Å². The molecule has 182 valence electrons. The molecule has 3 aromatic carbocycles. The summed E-state index contributed by atoms with van der Waals surface area (Å²) < 4.78 is 25.4. The monoisotopic (exact) mass is 472 g/mol. The maximum Gasteiger partial charge on any atom is 0.135 e. The van der Waals surface area contributed by atoms with Crippen LogP contribution in [0.2, 0.25) is 0 Å². The molecule has 5 rings (SSSR count). The minimum Gasteiger partial charge on any atom is -0.374 e. The Morgan fingerprint density at radius 3 is 1.71 bits per heavy atom. The van der Waals surface area contributed by atoms with E-state index >= 15 is 0 Å². The molecule has 5 nitrogen and oxygen atoms in total. The van der Waals surface area contributed by atoms with Crippen molar-refractivity contribution in [3.8, 4) is 0 Å². The summed E-state index contributed by atoms with van der Waals surface area (Å²) in [5.74, 6) is -0.0129. The van der Waals surface area contributed by atoms with Gasteiger partial charge in [-0.3, -0.25) is 4.79 Å². The minimum atomic E-state index is -0.347. The third-order valence-electron chi connectivity index (χ3n) is 6.84. The molecule has 0 aromatic heterocycles. The van der Waals surface area contributed by atoms with Crippen LogP contribution in [0.15, 0.2) is 91.0 Å². The topological polar surface area (TPSA) is 54.0 Å². The maximum atomic E-state index is 12.4. The van der Waals surface area contributed by atoms with Gasteiger partial charge in [0.1, 0.15) is 18.0 Å². The summed E-state index contributed by atoms with van der Waals surface area (Å²) in [4.78, 5) is 12.4. The molecule has 0 radical (unpaired) electrons. The molecule has 1 heterocycles. The molecule has 1 saturated carbocycles. The molecular weight excluding hydrogens is 440 g/mol. The molecule has 5 heteroatoms. The van der Waals surface area contributed by atoms with E-state index in [1.54, 1.807) is 6.92 Å². The van der Waals surface area contributed by atoms with Gasteiger partial charge in [0.2, 0.25) is 0 Å². The molecule has 0 bridgehead atoms. The molecule has 3 aromatic rings. The Labute approximate surface area is 207 Å². The van der Waals surface area contributed by atoms with Gasteiger partial charge < -0.3 is 18.9 Å². The van der Waals surface area contributed by atoms with Crippen LogP contribution in [0.4, 0.5) is 0 Å². The van der Waals surface area contributed by atoms with Crippen molar-refractivity contribution >= 4 is 5.78 Å². The first-order chi connectivity index (χ1) is 17.2. The lowest BCUT2D eigenvalue weighted by molar-refractivity contribution is -0.201. The highest BCUT2D eigenvalue weighted by atomic mass is 16.6. The molecule has 2 fully saturated rings. The fourth-order valence-corrected chi connectivity index (χ4v) is 5.03. The van der Waals surface area contributed by atoms with Gasteiger partial charge >= 0.3 is 0 Å². The van der Waals surface area contributed by atoms with Crippen molar-refractivity contribution in [2.45, 2.75) is 51.2 Å². The van der Waals surface area contributed by atoms with Gasteiger partial charge in [0.25, 0.3) is 0 Å². The molecule has 0 amide bonds. The van der Waals surface area contributed by atoms with Crippen LogP contribution in [0.3, 0.4) is 0 Å². The molecule has 2 aliphatic rings. The number of ketones is 1. The van der Waals surface area contributed by atoms with E-state index in [2.05, 4.69) is 0 Å². The molecule has 0 N–H and O–H groups in total. The zero-order valence-corrected chi connectivity index (χ0v) is 20.0. The summed E-state index contributed by atoms with van der Waals surface area (Å²) in [5.41, 5.74) is 3.28. The van der Waals surface area contributed by atoms with Crippen molar-refractivity contribution in [2.75, 3.05) is 6.61 Å². The predicted octanol–water partition coefficient (Wildman–Crippen LogP) is 4.98. The van der Waals surface area contributed by atoms with E-state index < -0.39 is 0 Å². The van der Waals surface area contributed by atoms with Crippen molar-refractivity contribution in [1.82, 2.24) is 0 Å². The second-order valence-corrected chi connectivity index (χ2v) is 9.38. The Hall–Kier alpha value is -2.83. The minimum absolute atomic E-state index is 0.00218. The summed E-state index contributed by atoms with van der Waals surface area (Å²) in [6, 6.07) is 30.3. The molecular formula is C30H32O5. The van der Waals surface area contributed by atoms with Crippen LogP contribution in [0, 0.1) is 11.8 Å². The number of rotatable bonds is 11. The molecule has 6 atom stereocenters. The number of fused-ring (bicyclic) bond motifs is 1. The SMILES string of the molecule is CC(=O)[C@@H]1[C@H]2O[C@H](COCc3ccccc3)[C@@H](OCc3ccccc3)[C@H](OCc3ccccc3)[C@H]21.